The van der Waals surface area contributed by atoms with Crippen molar-refractivity contribution in [2.24, 2.45) is 5.92 Å². The minimum atomic E-state index is -3.38. The van der Waals surface area contributed by atoms with Crippen molar-refractivity contribution in [3.63, 3.8) is 0 Å². The third kappa shape index (κ3) is 4.04. The molecule has 0 bridgehead atoms. The number of nitrogens with one attached hydrogen (secondary N) is 2. The Labute approximate surface area is 122 Å². The molecule has 0 aromatic heterocycles. The minimum Gasteiger partial charge on any atom is -0.316 e. The van der Waals surface area contributed by atoms with Crippen LogP contribution in [0.2, 0.25) is 0 Å². The molecule has 1 unspecified atom stereocenters. The van der Waals surface area contributed by atoms with Crippen LogP contribution in [0.15, 0.2) is 29.2 Å². The summed E-state index contributed by atoms with van der Waals surface area (Å²) in [6.07, 6.45) is 3.56. The number of hydrogen-bond acceptors (Lipinski definition) is 3. The molecule has 2 N–H and O–H groups in total. The van der Waals surface area contributed by atoms with E-state index < -0.39 is 10.0 Å². The Morgan fingerprint density at radius 3 is 2.25 bits per heavy atom. The van der Waals surface area contributed by atoms with Crippen molar-refractivity contribution in [3.05, 3.63) is 29.8 Å². The van der Waals surface area contributed by atoms with Gasteiger partial charge in [0.2, 0.25) is 10.0 Å². The molecule has 0 amide bonds. The van der Waals surface area contributed by atoms with Crippen molar-refractivity contribution in [2.45, 2.75) is 50.1 Å². The van der Waals surface area contributed by atoms with Crippen molar-refractivity contribution in [1.82, 2.24) is 10.0 Å². The molecule has 1 aromatic carbocycles. The predicted octanol–water partition coefficient (Wildman–Crippen LogP) is 1.91. The standard InChI is InChI=1S/C15H24N2O2S/c1-11(2)17-20(18,19)14-8-4-12(5-9-14)10-15(16-3)13-6-7-13/h4-5,8-9,11,13,15-17H,6-7,10H2,1-3H3. The highest BCUT2D eigenvalue weighted by Crippen LogP contribution is 2.33. The van der Waals surface area contributed by atoms with Crippen molar-refractivity contribution in [3.8, 4) is 0 Å². The number of benzene rings is 1. The van der Waals surface area contributed by atoms with Crippen LogP contribution in [-0.4, -0.2) is 27.5 Å². The van der Waals surface area contributed by atoms with E-state index in [2.05, 4.69) is 10.0 Å². The van der Waals surface area contributed by atoms with Crippen LogP contribution in [0.1, 0.15) is 32.3 Å². The van der Waals surface area contributed by atoms with Gasteiger partial charge in [0.1, 0.15) is 0 Å². The molecule has 0 spiro atoms. The summed E-state index contributed by atoms with van der Waals surface area (Å²) >= 11 is 0. The van der Waals surface area contributed by atoms with Gasteiger partial charge < -0.3 is 5.32 Å². The highest BCUT2D eigenvalue weighted by atomic mass is 32.2. The van der Waals surface area contributed by atoms with E-state index in [4.69, 9.17) is 0 Å². The average Bonchev–Trinajstić information content (AvgIpc) is 3.19. The second kappa shape index (κ2) is 6.24. The van der Waals surface area contributed by atoms with Gasteiger partial charge in [-0.25, -0.2) is 13.1 Å². The second-order valence-electron chi connectivity index (χ2n) is 5.86. The summed E-state index contributed by atoms with van der Waals surface area (Å²) in [6.45, 7) is 3.64. The summed E-state index contributed by atoms with van der Waals surface area (Å²) in [4.78, 5) is 0.336. The first-order valence-corrected chi connectivity index (χ1v) is 8.69. The number of rotatable bonds is 7. The Morgan fingerprint density at radius 1 is 1.20 bits per heavy atom. The summed E-state index contributed by atoms with van der Waals surface area (Å²) in [7, 11) is -1.39. The van der Waals surface area contributed by atoms with E-state index in [0.717, 1.165) is 12.3 Å². The second-order valence-corrected chi connectivity index (χ2v) is 7.57. The largest absolute Gasteiger partial charge is 0.316 e. The van der Waals surface area contributed by atoms with Crippen LogP contribution in [0.4, 0.5) is 0 Å². The van der Waals surface area contributed by atoms with Gasteiger partial charge in [-0.1, -0.05) is 12.1 Å². The Hall–Kier alpha value is -0.910. The van der Waals surface area contributed by atoms with E-state index in [1.54, 1.807) is 12.1 Å². The molecule has 0 radical (unpaired) electrons. The zero-order chi connectivity index (χ0) is 14.8. The molecule has 1 fully saturated rings. The zero-order valence-corrected chi connectivity index (χ0v) is 13.2. The molecule has 5 heteroatoms. The monoisotopic (exact) mass is 296 g/mol. The van der Waals surface area contributed by atoms with Gasteiger partial charge >= 0.3 is 0 Å². The van der Waals surface area contributed by atoms with E-state index in [1.807, 2.05) is 33.0 Å². The fraction of sp³-hybridized carbons (Fsp3) is 0.600. The quantitative estimate of drug-likeness (QED) is 0.808. The number of sulfonamides is 1. The van der Waals surface area contributed by atoms with Crippen molar-refractivity contribution >= 4 is 10.0 Å². The maximum atomic E-state index is 12.0. The van der Waals surface area contributed by atoms with E-state index in [9.17, 15) is 8.42 Å². The lowest BCUT2D eigenvalue weighted by Crippen LogP contribution is -2.30. The molecule has 0 aliphatic heterocycles. The first-order valence-electron chi connectivity index (χ1n) is 7.21. The highest BCUT2D eigenvalue weighted by Gasteiger charge is 2.30. The van der Waals surface area contributed by atoms with Crippen LogP contribution >= 0.6 is 0 Å². The van der Waals surface area contributed by atoms with Crippen LogP contribution in [0.25, 0.3) is 0 Å². The maximum absolute atomic E-state index is 12.0. The van der Waals surface area contributed by atoms with E-state index in [1.165, 1.54) is 18.4 Å². The SMILES string of the molecule is CNC(Cc1ccc(S(=O)(=O)NC(C)C)cc1)C1CC1. The van der Waals surface area contributed by atoms with Crippen LogP contribution in [0, 0.1) is 5.92 Å². The zero-order valence-electron chi connectivity index (χ0n) is 12.4. The molecule has 1 saturated carbocycles. The number of hydrogen-bond donors (Lipinski definition) is 2. The molecule has 0 saturated heterocycles. The first-order chi connectivity index (χ1) is 9.42. The summed E-state index contributed by atoms with van der Waals surface area (Å²) in [5, 5.41) is 3.35. The summed E-state index contributed by atoms with van der Waals surface area (Å²) in [5.41, 5.74) is 1.18. The molecular weight excluding hydrogens is 272 g/mol. The first kappa shape index (κ1) is 15.5. The lowest BCUT2D eigenvalue weighted by Gasteiger charge is -2.15. The average molecular weight is 296 g/mol. The molecule has 2 rings (SSSR count). The van der Waals surface area contributed by atoms with Gasteiger partial charge in [0.15, 0.2) is 0 Å². The maximum Gasteiger partial charge on any atom is 0.240 e. The molecule has 1 aliphatic rings. The van der Waals surface area contributed by atoms with Gasteiger partial charge in [0.25, 0.3) is 0 Å². The molecule has 4 nitrogen and oxygen atoms in total. The van der Waals surface area contributed by atoms with Gasteiger partial charge in [-0.15, -0.1) is 0 Å². The molecular formula is C15H24N2O2S. The fourth-order valence-electron chi connectivity index (χ4n) is 2.44. The molecule has 112 valence electrons. The van der Waals surface area contributed by atoms with Crippen molar-refractivity contribution < 1.29 is 8.42 Å². The third-order valence-corrected chi connectivity index (χ3v) is 5.32. The Morgan fingerprint density at radius 2 is 1.80 bits per heavy atom. The van der Waals surface area contributed by atoms with E-state index in [-0.39, 0.29) is 6.04 Å². The summed E-state index contributed by atoms with van der Waals surface area (Å²) in [5.74, 6) is 0.783. The highest BCUT2D eigenvalue weighted by molar-refractivity contribution is 7.89. The van der Waals surface area contributed by atoms with Crippen molar-refractivity contribution in [2.75, 3.05) is 7.05 Å². The predicted molar refractivity (Wildman–Crippen MR) is 81.2 cm³/mol. The van der Waals surface area contributed by atoms with Gasteiger partial charge in [0, 0.05) is 12.1 Å². The normalized spacial score (nSPS) is 17.4. The Balaban J connectivity index is 2.05. The summed E-state index contributed by atoms with van der Waals surface area (Å²) < 4.78 is 26.6. The van der Waals surface area contributed by atoms with Crippen LogP contribution < -0.4 is 10.0 Å². The molecule has 20 heavy (non-hydrogen) atoms. The topological polar surface area (TPSA) is 58.2 Å². The van der Waals surface area contributed by atoms with Crippen molar-refractivity contribution in [1.29, 1.82) is 0 Å². The third-order valence-electron chi connectivity index (χ3n) is 3.64. The molecule has 0 heterocycles. The lowest BCUT2D eigenvalue weighted by atomic mass is 10.0. The van der Waals surface area contributed by atoms with Gasteiger partial charge in [-0.05, 0) is 63.8 Å². The van der Waals surface area contributed by atoms with Gasteiger partial charge in [-0.2, -0.15) is 0 Å². The van der Waals surface area contributed by atoms with Crippen LogP contribution in [-0.2, 0) is 16.4 Å². The molecule has 1 aromatic rings. The number of likely N-dealkylation sites (N-methyl/N-ethyl adjacent to an activating group) is 1. The molecule has 1 atom stereocenters. The van der Waals surface area contributed by atoms with Crippen LogP contribution in [0.3, 0.4) is 0 Å². The lowest BCUT2D eigenvalue weighted by molar-refractivity contribution is 0.500. The Kier molecular flexibility index (Phi) is 4.83. The minimum absolute atomic E-state index is 0.0942. The van der Waals surface area contributed by atoms with E-state index >= 15 is 0 Å². The van der Waals surface area contributed by atoms with Gasteiger partial charge in [0.05, 0.1) is 4.90 Å². The van der Waals surface area contributed by atoms with Crippen LogP contribution in [0.5, 0.6) is 0 Å². The smallest absolute Gasteiger partial charge is 0.240 e. The van der Waals surface area contributed by atoms with E-state index in [0.29, 0.717) is 10.9 Å². The van der Waals surface area contributed by atoms with Gasteiger partial charge in [-0.3, -0.25) is 0 Å². The fourth-order valence-corrected chi connectivity index (χ4v) is 3.69. The Bertz CT molecular complexity index is 533. The molecule has 1 aliphatic carbocycles. The summed E-state index contributed by atoms with van der Waals surface area (Å²) in [6, 6.07) is 7.64.